The monoisotopic (exact) mass is 308 g/mol. The summed E-state index contributed by atoms with van der Waals surface area (Å²) in [6.07, 6.45) is 5.00. The van der Waals surface area contributed by atoms with Gasteiger partial charge in [0.05, 0.1) is 5.41 Å². The van der Waals surface area contributed by atoms with E-state index in [-0.39, 0.29) is 11.3 Å². The van der Waals surface area contributed by atoms with Crippen LogP contribution in [0.25, 0.3) is 0 Å². The van der Waals surface area contributed by atoms with Crippen molar-refractivity contribution in [2.75, 3.05) is 13.6 Å². The molecule has 1 aromatic rings. The summed E-state index contributed by atoms with van der Waals surface area (Å²) >= 11 is 6.07. The Labute approximate surface area is 132 Å². The summed E-state index contributed by atoms with van der Waals surface area (Å²) in [4.78, 5) is 12.7. The van der Waals surface area contributed by atoms with Crippen LogP contribution >= 0.6 is 11.6 Å². The van der Waals surface area contributed by atoms with E-state index in [0.29, 0.717) is 12.6 Å². The molecule has 0 aromatic heterocycles. The Morgan fingerprint density at radius 1 is 1.38 bits per heavy atom. The number of hydrogen-bond donors (Lipinski definition) is 2. The molecule has 0 spiro atoms. The van der Waals surface area contributed by atoms with Gasteiger partial charge in [0.2, 0.25) is 5.91 Å². The van der Waals surface area contributed by atoms with Crippen molar-refractivity contribution in [2.24, 2.45) is 5.41 Å². The number of halogens is 1. The first kappa shape index (κ1) is 16.3. The maximum absolute atomic E-state index is 12.7. The largest absolute Gasteiger partial charge is 0.354 e. The van der Waals surface area contributed by atoms with E-state index in [0.717, 1.165) is 42.7 Å². The third-order valence-electron chi connectivity index (χ3n) is 4.54. The Hall–Kier alpha value is -1.06. The van der Waals surface area contributed by atoms with Crippen LogP contribution < -0.4 is 10.6 Å². The summed E-state index contributed by atoms with van der Waals surface area (Å²) in [7, 11) is 1.91. The molecule has 1 aliphatic rings. The average molecular weight is 309 g/mol. The summed E-state index contributed by atoms with van der Waals surface area (Å²) in [6, 6.07) is 8.17. The zero-order chi connectivity index (χ0) is 15.3. The standard InChI is InChI=1S/C17H25ClN2O/c1-13(19-2)12-20-16(21)17(8-3-4-9-17)11-14-6-5-7-15(18)10-14/h5-7,10,13,19H,3-4,8-9,11-12H2,1-2H3,(H,20,21). The zero-order valence-corrected chi connectivity index (χ0v) is 13.7. The van der Waals surface area contributed by atoms with E-state index in [1.165, 1.54) is 0 Å². The number of carbonyl (C=O) groups is 1. The molecule has 4 heteroatoms. The first-order chi connectivity index (χ1) is 10.1. The normalized spacial score (nSPS) is 18.4. The highest BCUT2D eigenvalue weighted by molar-refractivity contribution is 6.30. The van der Waals surface area contributed by atoms with Crippen LogP contribution in [-0.2, 0) is 11.2 Å². The fourth-order valence-electron chi connectivity index (χ4n) is 3.11. The van der Waals surface area contributed by atoms with Crippen LogP contribution in [0.3, 0.4) is 0 Å². The first-order valence-electron chi connectivity index (χ1n) is 7.76. The molecule has 1 fully saturated rings. The Kier molecular flexibility index (Phi) is 5.65. The van der Waals surface area contributed by atoms with E-state index < -0.39 is 0 Å². The summed E-state index contributed by atoms with van der Waals surface area (Å²) in [5.74, 6) is 0.196. The van der Waals surface area contributed by atoms with Gasteiger partial charge in [-0.15, -0.1) is 0 Å². The van der Waals surface area contributed by atoms with Crippen LogP contribution in [0, 0.1) is 5.41 Å². The molecule has 1 aromatic carbocycles. The summed E-state index contributed by atoms with van der Waals surface area (Å²) in [5.41, 5.74) is 0.902. The lowest BCUT2D eigenvalue weighted by molar-refractivity contribution is -0.130. The number of nitrogens with one attached hydrogen (secondary N) is 2. The molecule has 0 saturated heterocycles. The molecule has 1 atom stereocenters. The predicted molar refractivity (Wildman–Crippen MR) is 87.6 cm³/mol. The van der Waals surface area contributed by atoms with Gasteiger partial charge in [-0.2, -0.15) is 0 Å². The van der Waals surface area contributed by atoms with Gasteiger partial charge in [0.25, 0.3) is 0 Å². The lowest BCUT2D eigenvalue weighted by Crippen LogP contribution is -2.45. The van der Waals surface area contributed by atoms with Gasteiger partial charge in [0.15, 0.2) is 0 Å². The highest BCUT2D eigenvalue weighted by Gasteiger charge is 2.40. The Bertz CT molecular complexity index is 483. The van der Waals surface area contributed by atoms with Gasteiger partial charge in [-0.1, -0.05) is 36.6 Å². The van der Waals surface area contributed by atoms with Crippen molar-refractivity contribution >= 4 is 17.5 Å². The molecule has 116 valence electrons. The maximum Gasteiger partial charge on any atom is 0.226 e. The van der Waals surface area contributed by atoms with Crippen LogP contribution in [0.2, 0.25) is 5.02 Å². The van der Waals surface area contributed by atoms with Crippen LogP contribution in [0.5, 0.6) is 0 Å². The molecule has 1 unspecified atom stereocenters. The molecular weight excluding hydrogens is 284 g/mol. The van der Waals surface area contributed by atoms with E-state index in [9.17, 15) is 4.79 Å². The predicted octanol–water partition coefficient (Wildman–Crippen LogP) is 3.17. The smallest absolute Gasteiger partial charge is 0.226 e. The lowest BCUT2D eigenvalue weighted by atomic mass is 9.79. The number of amides is 1. The fourth-order valence-corrected chi connectivity index (χ4v) is 3.32. The molecule has 0 bridgehead atoms. The minimum atomic E-state index is -0.252. The maximum atomic E-state index is 12.7. The molecule has 2 N–H and O–H groups in total. The van der Waals surface area contributed by atoms with Gasteiger partial charge in [-0.3, -0.25) is 4.79 Å². The molecule has 1 amide bonds. The van der Waals surface area contributed by atoms with E-state index >= 15 is 0 Å². The van der Waals surface area contributed by atoms with Gasteiger partial charge in [-0.25, -0.2) is 0 Å². The van der Waals surface area contributed by atoms with Crippen LogP contribution in [0.1, 0.15) is 38.2 Å². The number of likely N-dealkylation sites (N-methyl/N-ethyl adjacent to an activating group) is 1. The van der Waals surface area contributed by atoms with Crippen molar-refractivity contribution in [1.82, 2.24) is 10.6 Å². The van der Waals surface area contributed by atoms with Gasteiger partial charge in [0.1, 0.15) is 0 Å². The van der Waals surface area contributed by atoms with Gasteiger partial charge in [-0.05, 0) is 50.9 Å². The Balaban J connectivity index is 2.07. The van der Waals surface area contributed by atoms with E-state index in [1.807, 2.05) is 25.2 Å². The molecule has 3 nitrogen and oxygen atoms in total. The quantitative estimate of drug-likeness (QED) is 0.847. The van der Waals surface area contributed by atoms with Gasteiger partial charge >= 0.3 is 0 Å². The summed E-state index contributed by atoms with van der Waals surface area (Å²) in [5, 5.41) is 7.01. The highest BCUT2D eigenvalue weighted by atomic mass is 35.5. The third kappa shape index (κ3) is 4.21. The molecule has 0 heterocycles. The average Bonchev–Trinajstić information content (AvgIpc) is 2.94. The molecule has 1 saturated carbocycles. The summed E-state index contributed by atoms with van der Waals surface area (Å²) < 4.78 is 0. The number of benzene rings is 1. The van der Waals surface area contributed by atoms with Crippen molar-refractivity contribution in [3.05, 3.63) is 34.9 Å². The van der Waals surface area contributed by atoms with Crippen LogP contribution in [0.4, 0.5) is 0 Å². The van der Waals surface area contributed by atoms with E-state index in [1.54, 1.807) is 0 Å². The first-order valence-corrected chi connectivity index (χ1v) is 8.13. The SMILES string of the molecule is CNC(C)CNC(=O)C1(Cc2cccc(Cl)c2)CCCC1. The minimum absolute atomic E-state index is 0.196. The highest BCUT2D eigenvalue weighted by Crippen LogP contribution is 2.41. The zero-order valence-electron chi connectivity index (χ0n) is 12.9. The van der Waals surface area contributed by atoms with Gasteiger partial charge < -0.3 is 10.6 Å². The van der Waals surface area contributed by atoms with Gasteiger partial charge in [0, 0.05) is 17.6 Å². The molecule has 0 radical (unpaired) electrons. The Morgan fingerprint density at radius 2 is 2.10 bits per heavy atom. The number of hydrogen-bond acceptors (Lipinski definition) is 2. The number of carbonyl (C=O) groups excluding carboxylic acids is 1. The van der Waals surface area contributed by atoms with Crippen molar-refractivity contribution in [3.63, 3.8) is 0 Å². The van der Waals surface area contributed by atoms with E-state index in [4.69, 9.17) is 11.6 Å². The Morgan fingerprint density at radius 3 is 2.71 bits per heavy atom. The second-order valence-electron chi connectivity index (χ2n) is 6.19. The fraction of sp³-hybridized carbons (Fsp3) is 0.588. The van der Waals surface area contributed by atoms with Crippen molar-refractivity contribution in [1.29, 1.82) is 0 Å². The summed E-state index contributed by atoms with van der Waals surface area (Å²) in [6.45, 7) is 2.74. The molecule has 1 aliphatic carbocycles. The number of rotatable bonds is 6. The second kappa shape index (κ2) is 7.28. The molecular formula is C17H25ClN2O. The van der Waals surface area contributed by atoms with Crippen molar-refractivity contribution < 1.29 is 4.79 Å². The molecule has 21 heavy (non-hydrogen) atoms. The topological polar surface area (TPSA) is 41.1 Å². The lowest BCUT2D eigenvalue weighted by Gasteiger charge is -2.28. The van der Waals surface area contributed by atoms with Crippen molar-refractivity contribution in [3.8, 4) is 0 Å². The van der Waals surface area contributed by atoms with E-state index in [2.05, 4.69) is 23.6 Å². The minimum Gasteiger partial charge on any atom is -0.354 e. The molecule has 2 rings (SSSR count). The third-order valence-corrected chi connectivity index (χ3v) is 4.77. The second-order valence-corrected chi connectivity index (χ2v) is 6.63. The molecule has 0 aliphatic heterocycles. The van der Waals surface area contributed by atoms with Crippen LogP contribution in [-0.4, -0.2) is 25.5 Å². The van der Waals surface area contributed by atoms with Crippen LogP contribution in [0.15, 0.2) is 24.3 Å². The van der Waals surface area contributed by atoms with Crippen molar-refractivity contribution in [2.45, 2.75) is 45.1 Å².